The number of nitrogens with one attached hydrogen (secondary N) is 1. The third-order valence-electron chi connectivity index (χ3n) is 5.15. The fourth-order valence-electron chi connectivity index (χ4n) is 3.67. The van der Waals surface area contributed by atoms with Crippen molar-refractivity contribution in [2.45, 2.75) is 57.3 Å². The Hall–Kier alpha value is -2.01. The predicted octanol–water partition coefficient (Wildman–Crippen LogP) is 4.50. The Balaban J connectivity index is 2.07. The summed E-state index contributed by atoms with van der Waals surface area (Å²) < 4.78 is 34.7. The Labute approximate surface area is 156 Å². The number of methoxy groups -OCH3 is 1. The van der Waals surface area contributed by atoms with Crippen molar-refractivity contribution in [3.8, 4) is 5.75 Å². The van der Waals surface area contributed by atoms with E-state index in [1.165, 1.54) is 12.7 Å². The standard InChI is InChI=1S/C21H27NO3S/c1-4-15-11-8-12-16(5-2)21(15)22-26(23,24)20-14-18-10-7-6-9-17(18)13-19(20)25-3/h8,11-14,22H,4-7,9-10H2,1-3H3. The van der Waals surface area contributed by atoms with Crippen molar-refractivity contribution >= 4 is 15.7 Å². The fourth-order valence-corrected chi connectivity index (χ4v) is 5.02. The summed E-state index contributed by atoms with van der Waals surface area (Å²) in [6, 6.07) is 9.63. The first-order chi connectivity index (χ1) is 12.5. The molecule has 0 saturated carbocycles. The monoisotopic (exact) mass is 373 g/mol. The second-order valence-corrected chi connectivity index (χ2v) is 8.39. The molecule has 2 aromatic carbocycles. The van der Waals surface area contributed by atoms with Crippen LogP contribution in [-0.4, -0.2) is 15.5 Å². The number of rotatable bonds is 6. The van der Waals surface area contributed by atoms with Gasteiger partial charge >= 0.3 is 0 Å². The van der Waals surface area contributed by atoms with Crippen LogP contribution in [0.5, 0.6) is 5.75 Å². The van der Waals surface area contributed by atoms with Gasteiger partial charge in [0, 0.05) is 0 Å². The summed E-state index contributed by atoms with van der Waals surface area (Å²) in [5.74, 6) is 0.421. The number of benzene rings is 2. The summed E-state index contributed by atoms with van der Waals surface area (Å²) in [6.07, 6.45) is 5.70. The largest absolute Gasteiger partial charge is 0.495 e. The van der Waals surface area contributed by atoms with Gasteiger partial charge in [-0.05, 0) is 72.9 Å². The zero-order valence-electron chi connectivity index (χ0n) is 15.8. The van der Waals surface area contributed by atoms with Gasteiger partial charge in [0.05, 0.1) is 12.8 Å². The smallest absolute Gasteiger partial charge is 0.265 e. The maximum atomic E-state index is 13.2. The normalized spacial score (nSPS) is 14.0. The van der Waals surface area contributed by atoms with E-state index in [2.05, 4.69) is 4.72 Å². The molecule has 2 aromatic rings. The average Bonchev–Trinajstić information content (AvgIpc) is 2.66. The zero-order valence-corrected chi connectivity index (χ0v) is 16.6. The van der Waals surface area contributed by atoms with Gasteiger partial charge in [-0.1, -0.05) is 32.0 Å². The lowest BCUT2D eigenvalue weighted by Crippen LogP contribution is -2.18. The van der Waals surface area contributed by atoms with Crippen LogP contribution in [0.1, 0.15) is 48.9 Å². The molecule has 140 valence electrons. The van der Waals surface area contributed by atoms with Gasteiger partial charge in [0.2, 0.25) is 0 Å². The van der Waals surface area contributed by atoms with Crippen LogP contribution in [-0.2, 0) is 35.7 Å². The van der Waals surface area contributed by atoms with E-state index in [1.54, 1.807) is 6.07 Å². The molecule has 1 aliphatic carbocycles. The molecule has 3 rings (SSSR count). The molecular formula is C21H27NO3S. The number of fused-ring (bicyclic) bond motifs is 1. The average molecular weight is 374 g/mol. The molecule has 0 saturated heterocycles. The number of hydrogen-bond donors (Lipinski definition) is 1. The summed E-state index contributed by atoms with van der Waals surface area (Å²) >= 11 is 0. The minimum Gasteiger partial charge on any atom is -0.495 e. The number of para-hydroxylation sites is 1. The highest BCUT2D eigenvalue weighted by atomic mass is 32.2. The third kappa shape index (κ3) is 3.58. The zero-order chi connectivity index (χ0) is 18.7. The minimum absolute atomic E-state index is 0.230. The SMILES string of the molecule is CCc1cccc(CC)c1NS(=O)(=O)c1cc2c(cc1OC)CCCC2. The molecular weight excluding hydrogens is 346 g/mol. The molecule has 0 radical (unpaired) electrons. The molecule has 5 heteroatoms. The van der Waals surface area contributed by atoms with Crippen LogP contribution in [0.2, 0.25) is 0 Å². The lowest BCUT2D eigenvalue weighted by Gasteiger charge is -2.21. The van der Waals surface area contributed by atoms with Crippen LogP contribution < -0.4 is 9.46 Å². The van der Waals surface area contributed by atoms with Gasteiger partial charge in [-0.15, -0.1) is 0 Å². The second-order valence-electron chi connectivity index (χ2n) is 6.74. The maximum absolute atomic E-state index is 13.2. The van der Waals surface area contributed by atoms with Gasteiger partial charge in [-0.3, -0.25) is 4.72 Å². The molecule has 0 atom stereocenters. The van der Waals surface area contributed by atoms with E-state index >= 15 is 0 Å². The van der Waals surface area contributed by atoms with Gasteiger partial charge in [-0.25, -0.2) is 8.42 Å². The Bertz CT molecular complexity index is 881. The molecule has 26 heavy (non-hydrogen) atoms. The molecule has 1 N–H and O–H groups in total. The lowest BCUT2D eigenvalue weighted by molar-refractivity contribution is 0.401. The number of ether oxygens (including phenoxy) is 1. The van der Waals surface area contributed by atoms with Gasteiger partial charge in [0.25, 0.3) is 10.0 Å². The summed E-state index contributed by atoms with van der Waals surface area (Å²) in [5.41, 5.74) is 5.04. The van der Waals surface area contributed by atoms with E-state index in [-0.39, 0.29) is 4.90 Å². The van der Waals surface area contributed by atoms with E-state index in [9.17, 15) is 8.42 Å². The molecule has 0 unspecified atom stereocenters. The third-order valence-corrected chi connectivity index (χ3v) is 6.52. The van der Waals surface area contributed by atoms with Crippen LogP contribution in [0.25, 0.3) is 0 Å². The molecule has 0 aromatic heterocycles. The van der Waals surface area contributed by atoms with Crippen molar-refractivity contribution in [2.75, 3.05) is 11.8 Å². The highest BCUT2D eigenvalue weighted by molar-refractivity contribution is 7.92. The number of hydrogen-bond acceptors (Lipinski definition) is 3. The summed E-state index contributed by atoms with van der Waals surface area (Å²) in [5, 5.41) is 0. The Morgan fingerprint density at radius 3 is 2.12 bits per heavy atom. The molecule has 0 fully saturated rings. The molecule has 0 heterocycles. The van der Waals surface area contributed by atoms with Gasteiger partial charge in [0.15, 0.2) is 0 Å². The van der Waals surface area contributed by atoms with E-state index in [4.69, 9.17) is 4.74 Å². The van der Waals surface area contributed by atoms with Crippen LogP contribution in [0.4, 0.5) is 5.69 Å². The highest BCUT2D eigenvalue weighted by Gasteiger charge is 2.24. The number of aryl methyl sites for hydroxylation is 4. The van der Waals surface area contributed by atoms with E-state index < -0.39 is 10.0 Å². The first-order valence-corrected chi connectivity index (χ1v) is 10.8. The van der Waals surface area contributed by atoms with Crippen LogP contribution in [0.15, 0.2) is 35.2 Å². The van der Waals surface area contributed by atoms with Crippen molar-refractivity contribution in [3.05, 3.63) is 52.6 Å². The molecule has 4 nitrogen and oxygen atoms in total. The summed E-state index contributed by atoms with van der Waals surface area (Å²) in [6.45, 7) is 4.07. The topological polar surface area (TPSA) is 55.4 Å². The summed E-state index contributed by atoms with van der Waals surface area (Å²) in [4.78, 5) is 0.230. The van der Waals surface area contributed by atoms with Crippen molar-refractivity contribution in [2.24, 2.45) is 0 Å². The first-order valence-electron chi connectivity index (χ1n) is 9.33. The molecule has 0 spiro atoms. The van der Waals surface area contributed by atoms with Gasteiger partial charge in [-0.2, -0.15) is 0 Å². The van der Waals surface area contributed by atoms with Crippen LogP contribution in [0, 0.1) is 0 Å². The van der Waals surface area contributed by atoms with E-state index in [0.29, 0.717) is 11.4 Å². The second kappa shape index (κ2) is 7.70. The number of anilines is 1. The van der Waals surface area contributed by atoms with Crippen LogP contribution >= 0.6 is 0 Å². The maximum Gasteiger partial charge on any atom is 0.265 e. The molecule has 0 amide bonds. The fraction of sp³-hybridized carbons (Fsp3) is 0.429. The highest BCUT2D eigenvalue weighted by Crippen LogP contribution is 2.34. The van der Waals surface area contributed by atoms with Crippen molar-refractivity contribution in [1.82, 2.24) is 0 Å². The van der Waals surface area contributed by atoms with Crippen molar-refractivity contribution < 1.29 is 13.2 Å². The van der Waals surface area contributed by atoms with E-state index in [0.717, 1.165) is 55.2 Å². The molecule has 0 aliphatic heterocycles. The van der Waals surface area contributed by atoms with Gasteiger partial charge in [0.1, 0.15) is 10.6 Å². The molecule has 1 aliphatic rings. The Kier molecular flexibility index (Phi) is 5.56. The quantitative estimate of drug-likeness (QED) is 0.811. The van der Waals surface area contributed by atoms with Crippen molar-refractivity contribution in [3.63, 3.8) is 0 Å². The van der Waals surface area contributed by atoms with E-state index in [1.807, 2.05) is 38.1 Å². The van der Waals surface area contributed by atoms with Crippen molar-refractivity contribution in [1.29, 1.82) is 0 Å². The molecule has 0 bridgehead atoms. The summed E-state index contributed by atoms with van der Waals surface area (Å²) in [7, 11) is -2.20. The Morgan fingerprint density at radius 2 is 1.58 bits per heavy atom. The first kappa shape index (κ1) is 18.8. The predicted molar refractivity (Wildman–Crippen MR) is 106 cm³/mol. The Morgan fingerprint density at radius 1 is 1.00 bits per heavy atom. The van der Waals surface area contributed by atoms with Crippen LogP contribution in [0.3, 0.4) is 0 Å². The minimum atomic E-state index is -3.73. The van der Waals surface area contributed by atoms with Gasteiger partial charge < -0.3 is 4.74 Å². The number of sulfonamides is 1. The lowest BCUT2D eigenvalue weighted by atomic mass is 9.92.